The molecule has 1 N–H and O–H groups in total. The second-order valence-corrected chi connectivity index (χ2v) is 8.62. The zero-order chi connectivity index (χ0) is 21.1. The number of hydrogen-bond acceptors (Lipinski definition) is 5. The number of oxazole rings is 1. The van der Waals surface area contributed by atoms with E-state index < -0.39 is 15.7 Å². The van der Waals surface area contributed by atoms with Crippen LogP contribution in [0.5, 0.6) is 0 Å². The highest BCUT2D eigenvalue weighted by Gasteiger charge is 2.29. The van der Waals surface area contributed by atoms with E-state index in [-0.39, 0.29) is 27.7 Å². The van der Waals surface area contributed by atoms with Crippen LogP contribution in [-0.2, 0) is 9.84 Å². The molecule has 0 radical (unpaired) electrons. The second kappa shape index (κ2) is 8.12. The van der Waals surface area contributed by atoms with Gasteiger partial charge >= 0.3 is 0 Å². The number of benzene rings is 3. The smallest absolute Gasteiger partial charge is 0.234 e. The Labute approximate surface area is 174 Å². The Morgan fingerprint density at radius 2 is 1.50 bits per heavy atom. The zero-order valence-corrected chi connectivity index (χ0v) is 16.9. The van der Waals surface area contributed by atoms with Crippen molar-refractivity contribution < 1.29 is 17.2 Å². The minimum Gasteiger partial charge on any atom is -0.419 e. The minimum absolute atomic E-state index is 0.0366. The summed E-state index contributed by atoms with van der Waals surface area (Å²) in [4.78, 5) is 4.38. The molecular weight excluding hydrogens is 403 g/mol. The molecule has 0 amide bonds. The van der Waals surface area contributed by atoms with Gasteiger partial charge in [0.25, 0.3) is 0 Å². The molecule has 0 bridgehead atoms. The Bertz CT molecular complexity index is 1240. The number of halogens is 1. The molecule has 0 spiro atoms. The Morgan fingerprint density at radius 3 is 2.13 bits per heavy atom. The molecular formula is C23H19FN2O3S. The SMILES string of the molecule is CC(Nc1oc(-c2ccc(F)cc2)nc1S(=O)(=O)c1ccccc1)c1ccccc1. The molecule has 0 saturated heterocycles. The molecule has 1 heterocycles. The first-order chi connectivity index (χ1) is 14.4. The Kier molecular flexibility index (Phi) is 5.37. The monoisotopic (exact) mass is 422 g/mol. The zero-order valence-electron chi connectivity index (χ0n) is 16.1. The lowest BCUT2D eigenvalue weighted by atomic mass is 10.1. The summed E-state index contributed by atoms with van der Waals surface area (Å²) in [6, 6.07) is 22.9. The van der Waals surface area contributed by atoms with Crippen LogP contribution in [0.15, 0.2) is 99.3 Å². The fraction of sp³-hybridized carbons (Fsp3) is 0.0870. The largest absolute Gasteiger partial charge is 0.419 e. The highest BCUT2D eigenvalue weighted by Crippen LogP contribution is 2.34. The molecule has 30 heavy (non-hydrogen) atoms. The summed E-state index contributed by atoms with van der Waals surface area (Å²) in [6.45, 7) is 1.90. The molecule has 0 saturated carbocycles. The minimum atomic E-state index is -3.93. The van der Waals surface area contributed by atoms with Crippen LogP contribution in [0.25, 0.3) is 11.5 Å². The van der Waals surface area contributed by atoms with Crippen LogP contribution in [0.1, 0.15) is 18.5 Å². The van der Waals surface area contributed by atoms with E-state index in [1.165, 1.54) is 36.4 Å². The second-order valence-electron chi connectivity index (χ2n) is 6.75. The van der Waals surface area contributed by atoms with Crippen LogP contribution in [-0.4, -0.2) is 13.4 Å². The first kappa shape index (κ1) is 19.8. The third-order valence-electron chi connectivity index (χ3n) is 4.64. The number of nitrogens with zero attached hydrogens (tertiary/aromatic N) is 1. The van der Waals surface area contributed by atoms with Gasteiger partial charge in [0.1, 0.15) is 5.82 Å². The van der Waals surface area contributed by atoms with Gasteiger partial charge in [0.15, 0.2) is 0 Å². The number of aromatic nitrogens is 1. The van der Waals surface area contributed by atoms with E-state index in [1.54, 1.807) is 18.2 Å². The molecule has 7 heteroatoms. The molecule has 0 aliphatic rings. The van der Waals surface area contributed by atoms with Gasteiger partial charge in [-0.25, -0.2) is 12.8 Å². The molecule has 0 aliphatic heterocycles. The van der Waals surface area contributed by atoms with Gasteiger partial charge in [0.05, 0.1) is 10.9 Å². The average molecular weight is 422 g/mol. The molecule has 5 nitrogen and oxygen atoms in total. The molecule has 1 aromatic heterocycles. The summed E-state index contributed by atoms with van der Waals surface area (Å²) >= 11 is 0. The van der Waals surface area contributed by atoms with E-state index >= 15 is 0 Å². The van der Waals surface area contributed by atoms with Crippen molar-refractivity contribution in [2.45, 2.75) is 22.9 Å². The van der Waals surface area contributed by atoms with Gasteiger partial charge in [-0.2, -0.15) is 4.98 Å². The Morgan fingerprint density at radius 1 is 0.900 bits per heavy atom. The summed E-state index contributed by atoms with van der Waals surface area (Å²) in [5.74, 6) is -0.278. The van der Waals surface area contributed by atoms with Gasteiger partial charge < -0.3 is 9.73 Å². The lowest BCUT2D eigenvalue weighted by molar-refractivity contribution is 0.570. The van der Waals surface area contributed by atoms with Crippen molar-refractivity contribution >= 4 is 15.7 Å². The number of sulfone groups is 1. The van der Waals surface area contributed by atoms with Crippen molar-refractivity contribution in [3.05, 3.63) is 96.3 Å². The van der Waals surface area contributed by atoms with Crippen LogP contribution in [0, 0.1) is 5.82 Å². The predicted molar refractivity (Wildman–Crippen MR) is 112 cm³/mol. The predicted octanol–water partition coefficient (Wildman–Crippen LogP) is 5.49. The first-order valence-electron chi connectivity index (χ1n) is 9.33. The Hall–Kier alpha value is -3.45. The standard InChI is InChI=1S/C23H19FN2O3S/c1-16(17-8-4-2-5-9-17)25-22-23(30(27,28)20-10-6-3-7-11-20)26-21(29-22)18-12-14-19(24)15-13-18/h2-16,25H,1H3. The topological polar surface area (TPSA) is 72.2 Å². The highest BCUT2D eigenvalue weighted by molar-refractivity contribution is 7.91. The van der Waals surface area contributed by atoms with E-state index in [9.17, 15) is 12.8 Å². The van der Waals surface area contributed by atoms with Gasteiger partial charge in [-0.1, -0.05) is 48.5 Å². The Balaban J connectivity index is 1.80. The molecule has 152 valence electrons. The van der Waals surface area contributed by atoms with E-state index in [2.05, 4.69) is 10.3 Å². The summed E-state index contributed by atoms with van der Waals surface area (Å²) in [7, 11) is -3.93. The molecule has 1 atom stereocenters. The molecule has 3 aromatic carbocycles. The summed E-state index contributed by atoms with van der Waals surface area (Å²) in [5.41, 5.74) is 1.43. The fourth-order valence-electron chi connectivity index (χ4n) is 3.03. The summed E-state index contributed by atoms with van der Waals surface area (Å²) in [5, 5.41) is 2.91. The van der Waals surface area contributed by atoms with Gasteiger partial charge in [0.2, 0.25) is 26.6 Å². The normalized spacial score (nSPS) is 12.5. The van der Waals surface area contributed by atoms with Crippen molar-refractivity contribution in [2.75, 3.05) is 5.32 Å². The van der Waals surface area contributed by atoms with Crippen molar-refractivity contribution in [3.8, 4) is 11.5 Å². The molecule has 4 rings (SSSR count). The van der Waals surface area contributed by atoms with Gasteiger partial charge in [-0.15, -0.1) is 0 Å². The maximum absolute atomic E-state index is 13.3. The van der Waals surface area contributed by atoms with Crippen LogP contribution in [0.3, 0.4) is 0 Å². The molecule has 0 fully saturated rings. The third kappa shape index (κ3) is 3.97. The number of rotatable bonds is 6. The van der Waals surface area contributed by atoms with Gasteiger partial charge in [-0.05, 0) is 48.9 Å². The highest BCUT2D eigenvalue weighted by atomic mass is 32.2. The van der Waals surface area contributed by atoms with Crippen molar-refractivity contribution in [2.24, 2.45) is 0 Å². The van der Waals surface area contributed by atoms with Crippen LogP contribution < -0.4 is 5.32 Å². The van der Waals surface area contributed by atoms with Crippen molar-refractivity contribution in [3.63, 3.8) is 0 Å². The van der Waals surface area contributed by atoms with Crippen LogP contribution in [0.4, 0.5) is 10.3 Å². The van der Waals surface area contributed by atoms with Crippen LogP contribution in [0.2, 0.25) is 0 Å². The number of hydrogen-bond donors (Lipinski definition) is 1. The lowest BCUT2D eigenvalue weighted by Crippen LogP contribution is -2.10. The summed E-state index contributed by atoms with van der Waals surface area (Å²) < 4.78 is 45.6. The molecule has 4 aromatic rings. The number of anilines is 1. The first-order valence-corrected chi connectivity index (χ1v) is 10.8. The van der Waals surface area contributed by atoms with Crippen molar-refractivity contribution in [1.29, 1.82) is 0 Å². The summed E-state index contributed by atoms with van der Waals surface area (Å²) in [6.07, 6.45) is 0. The quantitative estimate of drug-likeness (QED) is 0.445. The van der Waals surface area contributed by atoms with Gasteiger partial charge in [-0.3, -0.25) is 0 Å². The maximum atomic E-state index is 13.3. The molecule has 1 unspecified atom stereocenters. The van der Waals surface area contributed by atoms with E-state index in [1.807, 2.05) is 37.3 Å². The van der Waals surface area contributed by atoms with E-state index in [0.29, 0.717) is 5.56 Å². The molecule has 0 aliphatic carbocycles. The van der Waals surface area contributed by atoms with Crippen LogP contribution >= 0.6 is 0 Å². The third-order valence-corrected chi connectivity index (χ3v) is 6.32. The fourth-order valence-corrected chi connectivity index (χ4v) is 4.31. The van der Waals surface area contributed by atoms with E-state index in [0.717, 1.165) is 5.56 Å². The average Bonchev–Trinajstić information content (AvgIpc) is 3.20. The number of nitrogens with one attached hydrogen (secondary N) is 1. The van der Waals surface area contributed by atoms with Crippen molar-refractivity contribution in [1.82, 2.24) is 4.98 Å². The van der Waals surface area contributed by atoms with Gasteiger partial charge in [0, 0.05) is 5.56 Å². The van der Waals surface area contributed by atoms with E-state index in [4.69, 9.17) is 4.42 Å². The lowest BCUT2D eigenvalue weighted by Gasteiger charge is -2.14. The maximum Gasteiger partial charge on any atom is 0.234 e.